The number of nitrogens with two attached hydrogens (primary N) is 1. The maximum atomic E-state index is 5.79. The summed E-state index contributed by atoms with van der Waals surface area (Å²) in [6.07, 6.45) is 5.92. The zero-order valence-corrected chi connectivity index (χ0v) is 11.2. The van der Waals surface area contributed by atoms with Gasteiger partial charge in [0.15, 0.2) is 0 Å². The van der Waals surface area contributed by atoms with E-state index in [9.17, 15) is 0 Å². The van der Waals surface area contributed by atoms with Crippen molar-refractivity contribution in [2.75, 3.05) is 24.5 Å². The predicted molar refractivity (Wildman–Crippen MR) is 76.3 cm³/mol. The molecule has 0 spiro atoms. The number of hydrogen-bond donors (Lipinski definition) is 1. The van der Waals surface area contributed by atoms with Crippen LogP contribution in [0, 0.1) is 12.8 Å². The van der Waals surface area contributed by atoms with E-state index >= 15 is 0 Å². The molecule has 100 valence electrons. The highest BCUT2D eigenvalue weighted by Crippen LogP contribution is 2.24. The molecule has 1 fully saturated rings. The van der Waals surface area contributed by atoms with Gasteiger partial charge >= 0.3 is 0 Å². The summed E-state index contributed by atoms with van der Waals surface area (Å²) in [6.45, 7) is 4.72. The summed E-state index contributed by atoms with van der Waals surface area (Å²) in [5.41, 5.74) is 8.89. The van der Waals surface area contributed by atoms with Crippen molar-refractivity contribution in [2.45, 2.75) is 19.8 Å². The van der Waals surface area contributed by atoms with Gasteiger partial charge in [0.1, 0.15) is 12.1 Å². The first-order valence-corrected chi connectivity index (χ1v) is 6.76. The standard InChI is InChI=1S/C14H19N5/c1-10-6-14(18-9-17-10)19-4-2-11(3-5-19)13-7-12(15)8-16-13/h6-7,9,11H,2-5,8,15H2,1H3. The van der Waals surface area contributed by atoms with Crippen LogP contribution in [-0.4, -0.2) is 35.3 Å². The van der Waals surface area contributed by atoms with Gasteiger partial charge in [-0.05, 0) is 25.8 Å². The Hall–Kier alpha value is -1.91. The first-order valence-electron chi connectivity index (χ1n) is 6.76. The van der Waals surface area contributed by atoms with Crippen molar-refractivity contribution in [3.63, 3.8) is 0 Å². The molecule has 0 atom stereocenters. The summed E-state index contributed by atoms with van der Waals surface area (Å²) in [6, 6.07) is 2.05. The van der Waals surface area contributed by atoms with Crippen LogP contribution in [-0.2, 0) is 0 Å². The molecule has 19 heavy (non-hydrogen) atoms. The van der Waals surface area contributed by atoms with E-state index in [-0.39, 0.29) is 0 Å². The highest BCUT2D eigenvalue weighted by Gasteiger charge is 2.24. The van der Waals surface area contributed by atoms with Gasteiger partial charge in [-0.2, -0.15) is 0 Å². The fraction of sp³-hybridized carbons (Fsp3) is 0.500. The average molecular weight is 257 g/mol. The Morgan fingerprint density at radius 1 is 1.26 bits per heavy atom. The van der Waals surface area contributed by atoms with Crippen LogP contribution in [0.15, 0.2) is 29.2 Å². The molecule has 0 unspecified atom stereocenters. The number of aryl methyl sites for hydroxylation is 1. The molecule has 3 heterocycles. The number of aliphatic imine (C=N–C) groups is 1. The maximum Gasteiger partial charge on any atom is 0.132 e. The molecule has 1 aromatic heterocycles. The lowest BCUT2D eigenvalue weighted by Gasteiger charge is -2.32. The number of anilines is 1. The van der Waals surface area contributed by atoms with Gasteiger partial charge < -0.3 is 10.6 Å². The van der Waals surface area contributed by atoms with Crippen molar-refractivity contribution < 1.29 is 0 Å². The number of aromatic nitrogens is 2. The summed E-state index contributed by atoms with van der Waals surface area (Å²) >= 11 is 0. The molecule has 5 heteroatoms. The third kappa shape index (κ3) is 2.59. The van der Waals surface area contributed by atoms with Gasteiger partial charge in [-0.15, -0.1) is 0 Å². The number of hydrogen-bond acceptors (Lipinski definition) is 5. The Labute approximate surface area is 113 Å². The minimum atomic E-state index is 0.556. The topological polar surface area (TPSA) is 67.4 Å². The van der Waals surface area contributed by atoms with E-state index in [2.05, 4.69) is 25.9 Å². The summed E-state index contributed by atoms with van der Waals surface area (Å²) in [5.74, 6) is 1.59. The molecule has 2 N–H and O–H groups in total. The van der Waals surface area contributed by atoms with E-state index in [0.29, 0.717) is 12.5 Å². The minimum absolute atomic E-state index is 0.556. The van der Waals surface area contributed by atoms with Crippen LogP contribution in [0.3, 0.4) is 0 Å². The van der Waals surface area contributed by atoms with Crippen molar-refractivity contribution in [3.8, 4) is 0 Å². The minimum Gasteiger partial charge on any atom is -0.400 e. The van der Waals surface area contributed by atoms with Gasteiger partial charge in [-0.25, -0.2) is 9.97 Å². The molecule has 3 rings (SSSR count). The molecule has 0 saturated carbocycles. The molecule has 0 amide bonds. The second-order valence-electron chi connectivity index (χ2n) is 5.24. The van der Waals surface area contributed by atoms with E-state index in [4.69, 9.17) is 5.73 Å². The third-order valence-corrected chi connectivity index (χ3v) is 3.80. The number of nitrogens with zero attached hydrogens (tertiary/aromatic N) is 4. The third-order valence-electron chi connectivity index (χ3n) is 3.80. The number of piperidine rings is 1. The maximum absolute atomic E-state index is 5.79. The summed E-state index contributed by atoms with van der Waals surface area (Å²) in [5, 5.41) is 0. The van der Waals surface area contributed by atoms with Crippen molar-refractivity contribution in [1.29, 1.82) is 0 Å². The molecule has 0 aromatic carbocycles. The van der Waals surface area contributed by atoms with Crippen LogP contribution in [0.2, 0.25) is 0 Å². The largest absolute Gasteiger partial charge is 0.400 e. The first kappa shape index (κ1) is 12.1. The van der Waals surface area contributed by atoms with Crippen molar-refractivity contribution in [1.82, 2.24) is 9.97 Å². The van der Waals surface area contributed by atoms with Crippen LogP contribution in [0.5, 0.6) is 0 Å². The normalized spacial score (nSPS) is 20.4. The van der Waals surface area contributed by atoms with E-state index in [1.54, 1.807) is 6.33 Å². The monoisotopic (exact) mass is 257 g/mol. The molecule has 2 aliphatic rings. The molecule has 1 aromatic rings. The van der Waals surface area contributed by atoms with Crippen LogP contribution in [0.1, 0.15) is 18.5 Å². The van der Waals surface area contributed by atoms with Crippen LogP contribution >= 0.6 is 0 Å². The quantitative estimate of drug-likeness (QED) is 0.867. The number of allylic oxidation sites excluding steroid dienone is 1. The van der Waals surface area contributed by atoms with E-state index < -0.39 is 0 Å². The lowest BCUT2D eigenvalue weighted by atomic mass is 9.92. The van der Waals surface area contributed by atoms with Crippen molar-refractivity contribution in [2.24, 2.45) is 16.6 Å². The van der Waals surface area contributed by atoms with Gasteiger partial charge in [-0.1, -0.05) is 0 Å². The van der Waals surface area contributed by atoms with Crippen LogP contribution in [0.4, 0.5) is 5.82 Å². The lowest BCUT2D eigenvalue weighted by Crippen LogP contribution is -2.36. The second kappa shape index (κ2) is 4.99. The fourth-order valence-corrected chi connectivity index (χ4v) is 2.73. The van der Waals surface area contributed by atoms with Gasteiger partial charge in [0.2, 0.25) is 0 Å². The van der Waals surface area contributed by atoms with Gasteiger partial charge in [0, 0.05) is 42.2 Å². The van der Waals surface area contributed by atoms with Gasteiger partial charge in [0.05, 0.1) is 6.54 Å². The lowest BCUT2D eigenvalue weighted by molar-refractivity contribution is 0.500. The van der Waals surface area contributed by atoms with Crippen LogP contribution < -0.4 is 10.6 Å². The molecule has 0 aliphatic carbocycles. The summed E-state index contributed by atoms with van der Waals surface area (Å²) < 4.78 is 0. The zero-order chi connectivity index (χ0) is 13.2. The number of rotatable bonds is 2. The molecule has 2 aliphatic heterocycles. The molecule has 5 nitrogen and oxygen atoms in total. The van der Waals surface area contributed by atoms with E-state index in [1.165, 1.54) is 5.71 Å². The Balaban J connectivity index is 1.64. The smallest absolute Gasteiger partial charge is 0.132 e. The molecular weight excluding hydrogens is 238 g/mol. The van der Waals surface area contributed by atoms with Gasteiger partial charge in [0.25, 0.3) is 0 Å². The predicted octanol–water partition coefficient (Wildman–Crippen LogP) is 1.30. The Kier molecular flexibility index (Phi) is 3.19. The summed E-state index contributed by atoms with van der Waals surface area (Å²) in [7, 11) is 0. The highest BCUT2D eigenvalue weighted by molar-refractivity contribution is 5.99. The van der Waals surface area contributed by atoms with Crippen molar-refractivity contribution in [3.05, 3.63) is 29.9 Å². The molecular formula is C14H19N5. The fourth-order valence-electron chi connectivity index (χ4n) is 2.73. The molecule has 0 bridgehead atoms. The van der Waals surface area contributed by atoms with E-state index in [1.807, 2.05) is 13.0 Å². The van der Waals surface area contributed by atoms with Crippen molar-refractivity contribution >= 4 is 11.5 Å². The Morgan fingerprint density at radius 3 is 2.68 bits per heavy atom. The second-order valence-corrected chi connectivity index (χ2v) is 5.24. The Bertz CT molecular complexity index is 526. The Morgan fingerprint density at radius 2 is 2.05 bits per heavy atom. The van der Waals surface area contributed by atoms with Crippen LogP contribution in [0.25, 0.3) is 0 Å². The first-order chi connectivity index (χ1) is 9.22. The average Bonchev–Trinajstić information content (AvgIpc) is 2.86. The molecule has 1 saturated heterocycles. The van der Waals surface area contributed by atoms with Gasteiger partial charge in [-0.3, -0.25) is 4.99 Å². The summed E-state index contributed by atoms with van der Waals surface area (Å²) in [4.78, 5) is 15.3. The highest BCUT2D eigenvalue weighted by atomic mass is 15.2. The molecule has 0 radical (unpaired) electrons. The van der Waals surface area contributed by atoms with E-state index in [0.717, 1.165) is 43.1 Å². The SMILES string of the molecule is Cc1cc(N2CCC(C3=NCC(N)=C3)CC2)ncn1. The zero-order valence-electron chi connectivity index (χ0n) is 11.2.